The van der Waals surface area contributed by atoms with E-state index in [2.05, 4.69) is 31.7 Å². The highest BCUT2D eigenvalue weighted by Crippen LogP contribution is 2.35. The Bertz CT molecular complexity index is 904. The molecule has 0 unspecified atom stereocenters. The number of hydrogen-bond acceptors (Lipinski definition) is 5. The van der Waals surface area contributed by atoms with Crippen LogP contribution < -0.4 is 0 Å². The van der Waals surface area contributed by atoms with Gasteiger partial charge < -0.3 is 15.2 Å². The number of imidazole rings is 1. The van der Waals surface area contributed by atoms with Gasteiger partial charge in [-0.05, 0) is 40.1 Å². The van der Waals surface area contributed by atoms with Crippen molar-refractivity contribution in [1.29, 1.82) is 0 Å². The number of aromatic amines is 1. The summed E-state index contributed by atoms with van der Waals surface area (Å²) in [7, 11) is 0. The molecule has 0 fully saturated rings. The van der Waals surface area contributed by atoms with E-state index < -0.39 is 5.97 Å². The maximum atomic E-state index is 11.3. The number of aromatic nitrogens is 2. The average molecular weight is 355 g/mol. The molecule has 7 heteroatoms. The first-order valence-electron chi connectivity index (χ1n) is 7.97. The van der Waals surface area contributed by atoms with Gasteiger partial charge in [0, 0.05) is 25.2 Å². The fourth-order valence-electron chi connectivity index (χ4n) is 3.38. The highest BCUT2D eigenvalue weighted by Gasteiger charge is 2.31. The number of carbonyl (C=O) groups is 1. The second-order valence-electron chi connectivity index (χ2n) is 6.10. The van der Waals surface area contributed by atoms with Crippen molar-refractivity contribution in [2.75, 3.05) is 6.54 Å². The molecule has 0 bridgehead atoms. The summed E-state index contributed by atoms with van der Waals surface area (Å²) in [5.41, 5.74) is 4.16. The highest BCUT2D eigenvalue weighted by molar-refractivity contribution is 7.08. The lowest BCUT2D eigenvalue weighted by Crippen LogP contribution is -2.35. The molecule has 0 saturated carbocycles. The zero-order chi connectivity index (χ0) is 17.4. The van der Waals surface area contributed by atoms with Crippen molar-refractivity contribution >= 4 is 17.3 Å². The molecule has 4 rings (SSSR count). The summed E-state index contributed by atoms with van der Waals surface area (Å²) in [5.74, 6) is -1.33. The first kappa shape index (κ1) is 15.9. The van der Waals surface area contributed by atoms with Crippen molar-refractivity contribution in [2.24, 2.45) is 0 Å². The molecule has 3 N–H and O–H groups in total. The van der Waals surface area contributed by atoms with Gasteiger partial charge in [-0.3, -0.25) is 4.90 Å². The molecule has 6 nitrogen and oxygen atoms in total. The van der Waals surface area contributed by atoms with Crippen LogP contribution in [0.4, 0.5) is 0 Å². The van der Waals surface area contributed by atoms with Gasteiger partial charge in [0.15, 0.2) is 0 Å². The van der Waals surface area contributed by atoms with E-state index in [9.17, 15) is 15.0 Å². The van der Waals surface area contributed by atoms with Crippen molar-refractivity contribution in [2.45, 2.75) is 19.0 Å². The maximum absolute atomic E-state index is 11.3. The molecule has 0 aliphatic carbocycles. The smallest absolute Gasteiger partial charge is 0.339 e. The zero-order valence-corrected chi connectivity index (χ0v) is 14.2. The minimum absolute atomic E-state index is 0.0448. The van der Waals surface area contributed by atoms with Crippen molar-refractivity contribution < 1.29 is 15.0 Å². The Morgan fingerprint density at radius 2 is 2.28 bits per heavy atom. The molecule has 0 spiro atoms. The van der Waals surface area contributed by atoms with E-state index in [0.29, 0.717) is 6.54 Å². The molecular formula is C18H17N3O3S. The fraction of sp³-hybridized carbons (Fsp3) is 0.222. The first-order chi connectivity index (χ1) is 12.1. The Kier molecular flexibility index (Phi) is 4.03. The molecule has 128 valence electrons. The van der Waals surface area contributed by atoms with Crippen LogP contribution in [0.3, 0.4) is 0 Å². The summed E-state index contributed by atoms with van der Waals surface area (Å²) in [4.78, 5) is 21.3. The number of carboxylic acids is 1. The number of nitrogens with zero attached hydrogens (tertiary/aromatic N) is 2. The fourth-order valence-corrected chi connectivity index (χ4v) is 4.06. The Morgan fingerprint density at radius 3 is 3.04 bits per heavy atom. The number of nitrogens with one attached hydrogen (secondary N) is 1. The van der Waals surface area contributed by atoms with Gasteiger partial charge in [0.2, 0.25) is 0 Å². The lowest BCUT2D eigenvalue weighted by Gasteiger charge is -2.34. The van der Waals surface area contributed by atoms with E-state index in [-0.39, 0.29) is 17.4 Å². The quantitative estimate of drug-likeness (QED) is 0.669. The predicted octanol–water partition coefficient (Wildman–Crippen LogP) is 3.02. The van der Waals surface area contributed by atoms with Crippen molar-refractivity contribution in [1.82, 2.24) is 14.9 Å². The maximum Gasteiger partial charge on any atom is 0.339 e. The molecule has 2 aromatic heterocycles. The Morgan fingerprint density at radius 1 is 1.40 bits per heavy atom. The van der Waals surface area contributed by atoms with Crippen molar-refractivity contribution in [3.05, 3.63) is 69.4 Å². The number of rotatable bonds is 4. The lowest BCUT2D eigenvalue weighted by atomic mass is 9.97. The molecule has 0 radical (unpaired) electrons. The molecular weight excluding hydrogens is 338 g/mol. The van der Waals surface area contributed by atoms with Crippen LogP contribution >= 0.6 is 11.3 Å². The standard InChI is InChI=1S/C18H17N3O3S/c22-15-2-1-11(7-13(15)18(23)24)8-21-5-3-14-16(20-10-19-14)17(21)12-4-6-25-9-12/h1-2,4,6-7,9-10,17,22H,3,5,8H2,(H,19,20)(H,23,24)/t17-/m1/s1. The van der Waals surface area contributed by atoms with Crippen LogP contribution in [0.5, 0.6) is 5.75 Å². The van der Waals surface area contributed by atoms with Gasteiger partial charge in [-0.25, -0.2) is 9.78 Å². The molecule has 25 heavy (non-hydrogen) atoms. The number of H-pyrrole nitrogens is 1. The number of thiophene rings is 1. The van der Waals surface area contributed by atoms with Gasteiger partial charge in [-0.15, -0.1) is 0 Å². The number of benzene rings is 1. The van der Waals surface area contributed by atoms with Crippen LogP contribution in [0.25, 0.3) is 0 Å². The van der Waals surface area contributed by atoms with E-state index >= 15 is 0 Å². The number of fused-ring (bicyclic) bond motifs is 1. The number of aromatic carboxylic acids is 1. The van der Waals surface area contributed by atoms with E-state index in [1.54, 1.807) is 29.8 Å². The van der Waals surface area contributed by atoms with Crippen LogP contribution in [0.2, 0.25) is 0 Å². The molecule has 1 aromatic carbocycles. The van der Waals surface area contributed by atoms with Crippen LogP contribution in [0.1, 0.15) is 38.9 Å². The predicted molar refractivity (Wildman–Crippen MR) is 93.9 cm³/mol. The summed E-state index contributed by atoms with van der Waals surface area (Å²) in [6.07, 6.45) is 2.61. The molecule has 1 atom stereocenters. The van der Waals surface area contributed by atoms with E-state index in [0.717, 1.165) is 29.9 Å². The lowest BCUT2D eigenvalue weighted by molar-refractivity contribution is 0.0693. The number of phenols is 1. The Balaban J connectivity index is 1.68. The third-order valence-corrected chi connectivity index (χ3v) is 5.26. The molecule has 1 aliphatic heterocycles. The Hall–Kier alpha value is -2.64. The largest absolute Gasteiger partial charge is 0.507 e. The summed E-state index contributed by atoms with van der Waals surface area (Å²) >= 11 is 1.65. The minimum Gasteiger partial charge on any atom is -0.507 e. The van der Waals surface area contributed by atoms with Crippen LogP contribution in [0, 0.1) is 0 Å². The summed E-state index contributed by atoms with van der Waals surface area (Å²) in [6, 6.07) is 6.91. The van der Waals surface area contributed by atoms with Gasteiger partial charge in [0.25, 0.3) is 0 Å². The summed E-state index contributed by atoms with van der Waals surface area (Å²) in [6.45, 7) is 1.44. The van der Waals surface area contributed by atoms with Crippen molar-refractivity contribution in [3.63, 3.8) is 0 Å². The van der Waals surface area contributed by atoms with Crippen LogP contribution in [-0.4, -0.2) is 37.6 Å². The number of hydrogen-bond donors (Lipinski definition) is 3. The second-order valence-corrected chi connectivity index (χ2v) is 6.88. The average Bonchev–Trinajstić information content (AvgIpc) is 3.27. The molecule has 3 heterocycles. The summed E-state index contributed by atoms with van der Waals surface area (Å²) < 4.78 is 0. The van der Waals surface area contributed by atoms with E-state index in [4.69, 9.17) is 0 Å². The minimum atomic E-state index is -1.12. The number of aromatic hydroxyl groups is 1. The first-order valence-corrected chi connectivity index (χ1v) is 8.91. The second kappa shape index (κ2) is 6.34. The Labute approximate surface area is 148 Å². The topological polar surface area (TPSA) is 89.5 Å². The normalized spacial score (nSPS) is 17.4. The number of carboxylic acid groups (broad SMARTS) is 1. The van der Waals surface area contributed by atoms with Gasteiger partial charge >= 0.3 is 5.97 Å². The van der Waals surface area contributed by atoms with E-state index in [1.807, 2.05) is 0 Å². The van der Waals surface area contributed by atoms with Gasteiger partial charge in [-0.2, -0.15) is 11.3 Å². The van der Waals surface area contributed by atoms with Gasteiger partial charge in [0.1, 0.15) is 11.3 Å². The van der Waals surface area contributed by atoms with E-state index in [1.165, 1.54) is 11.6 Å². The van der Waals surface area contributed by atoms with Crippen molar-refractivity contribution in [3.8, 4) is 5.75 Å². The monoisotopic (exact) mass is 355 g/mol. The SMILES string of the molecule is O=C(O)c1cc(CN2CCc3[nH]cnc3[C@H]2c2ccsc2)ccc1O. The molecule has 0 saturated heterocycles. The molecule has 3 aromatic rings. The molecule has 0 amide bonds. The van der Waals surface area contributed by atoms with Gasteiger partial charge in [0.05, 0.1) is 18.1 Å². The highest BCUT2D eigenvalue weighted by atomic mass is 32.1. The third-order valence-electron chi connectivity index (χ3n) is 4.56. The molecule has 1 aliphatic rings. The summed E-state index contributed by atoms with van der Waals surface area (Å²) in [5, 5.41) is 23.1. The van der Waals surface area contributed by atoms with Gasteiger partial charge in [-0.1, -0.05) is 6.07 Å². The van der Waals surface area contributed by atoms with Crippen LogP contribution in [0.15, 0.2) is 41.4 Å². The van der Waals surface area contributed by atoms with Crippen LogP contribution in [-0.2, 0) is 13.0 Å². The zero-order valence-electron chi connectivity index (χ0n) is 13.3. The third kappa shape index (κ3) is 2.92.